The molecule has 104 valence electrons. The molecular weight excluding hydrogens is 250 g/mol. The van der Waals surface area contributed by atoms with Gasteiger partial charge in [-0.05, 0) is 29.2 Å². The van der Waals surface area contributed by atoms with Crippen LogP contribution in [0.4, 0.5) is 11.8 Å². The molecule has 0 spiro atoms. The first kappa shape index (κ1) is 14.0. The van der Waals surface area contributed by atoms with Crippen molar-refractivity contribution in [2.45, 2.75) is 26.2 Å². The Balaban J connectivity index is 2.43. The summed E-state index contributed by atoms with van der Waals surface area (Å²) in [4.78, 5) is 12.4. The van der Waals surface area contributed by atoms with Crippen molar-refractivity contribution >= 4 is 17.8 Å². The predicted molar refractivity (Wildman–Crippen MR) is 82.1 cm³/mol. The first-order valence-corrected chi connectivity index (χ1v) is 6.49. The molecule has 4 N–H and O–H groups in total. The van der Waals surface area contributed by atoms with Crippen molar-refractivity contribution < 1.29 is 0 Å². The van der Waals surface area contributed by atoms with Crippen molar-refractivity contribution in [3.63, 3.8) is 0 Å². The molecule has 0 atom stereocenters. The lowest BCUT2D eigenvalue weighted by atomic mass is 9.94. The zero-order valence-electron chi connectivity index (χ0n) is 11.8. The number of hydrogen-bond acceptors (Lipinski definition) is 5. The Hall–Kier alpha value is -2.43. The molecule has 0 bridgehead atoms. The van der Waals surface area contributed by atoms with Crippen LogP contribution >= 0.6 is 0 Å². The molecule has 0 unspecified atom stereocenters. The van der Waals surface area contributed by atoms with Crippen LogP contribution in [-0.2, 0) is 6.42 Å². The lowest BCUT2D eigenvalue weighted by Crippen LogP contribution is -2.06. The van der Waals surface area contributed by atoms with Gasteiger partial charge in [-0.1, -0.05) is 20.4 Å². The molecule has 0 aliphatic heterocycles. The molecule has 20 heavy (non-hydrogen) atoms. The van der Waals surface area contributed by atoms with Gasteiger partial charge in [-0.3, -0.25) is 4.98 Å². The number of rotatable bonds is 4. The number of nitrogen functional groups attached to an aromatic ring is 2. The van der Waals surface area contributed by atoms with Crippen LogP contribution in [0.5, 0.6) is 0 Å². The van der Waals surface area contributed by atoms with Gasteiger partial charge >= 0.3 is 0 Å². The number of nitrogens with two attached hydrogens (primary N) is 2. The maximum absolute atomic E-state index is 5.90. The van der Waals surface area contributed by atoms with E-state index in [9.17, 15) is 0 Å². The van der Waals surface area contributed by atoms with Crippen molar-refractivity contribution in [2.75, 3.05) is 11.5 Å². The van der Waals surface area contributed by atoms with Crippen molar-refractivity contribution in [2.24, 2.45) is 0 Å². The summed E-state index contributed by atoms with van der Waals surface area (Å²) in [6, 6.07) is 2.03. The van der Waals surface area contributed by atoms with Crippen molar-refractivity contribution in [3.8, 4) is 0 Å². The second-order valence-electron chi connectivity index (χ2n) is 4.98. The van der Waals surface area contributed by atoms with Gasteiger partial charge in [0.05, 0.1) is 5.69 Å². The van der Waals surface area contributed by atoms with Crippen molar-refractivity contribution in [3.05, 3.63) is 47.4 Å². The lowest BCUT2D eigenvalue weighted by Gasteiger charge is -2.14. The van der Waals surface area contributed by atoms with E-state index < -0.39 is 0 Å². The Morgan fingerprint density at radius 1 is 1.20 bits per heavy atom. The standard InChI is InChI=1S/C15H19N5/c1-4-12-6-10(13(8-18-12)9(2)3)5-11-7-19-15(17)20-14(11)16/h4,6-9H,1,5H2,2-3H3,(H4,16,17,19,20). The summed E-state index contributed by atoms with van der Waals surface area (Å²) in [6.07, 6.45) is 5.96. The smallest absolute Gasteiger partial charge is 0.221 e. The number of pyridine rings is 1. The zero-order valence-corrected chi connectivity index (χ0v) is 11.8. The summed E-state index contributed by atoms with van der Waals surface area (Å²) in [5.74, 6) is 0.994. The van der Waals surface area contributed by atoms with E-state index in [4.69, 9.17) is 11.5 Å². The Bertz CT molecular complexity index is 634. The fourth-order valence-corrected chi connectivity index (χ4v) is 2.09. The van der Waals surface area contributed by atoms with E-state index in [2.05, 4.69) is 35.4 Å². The minimum absolute atomic E-state index is 0.192. The molecule has 0 saturated carbocycles. The summed E-state index contributed by atoms with van der Waals surface area (Å²) in [5, 5.41) is 0. The zero-order chi connectivity index (χ0) is 14.7. The van der Waals surface area contributed by atoms with Gasteiger partial charge in [-0.25, -0.2) is 4.98 Å². The van der Waals surface area contributed by atoms with E-state index in [1.807, 2.05) is 12.3 Å². The number of anilines is 2. The van der Waals surface area contributed by atoms with Gasteiger partial charge < -0.3 is 11.5 Å². The van der Waals surface area contributed by atoms with E-state index >= 15 is 0 Å². The molecule has 0 aliphatic rings. The monoisotopic (exact) mass is 269 g/mol. The molecule has 0 aliphatic carbocycles. The van der Waals surface area contributed by atoms with Crippen LogP contribution in [0.2, 0.25) is 0 Å². The molecule has 5 heteroatoms. The van der Waals surface area contributed by atoms with Crippen LogP contribution in [0.1, 0.15) is 42.1 Å². The number of aromatic nitrogens is 3. The average Bonchev–Trinajstić information content (AvgIpc) is 2.41. The van der Waals surface area contributed by atoms with Crippen LogP contribution in [0.3, 0.4) is 0 Å². The van der Waals surface area contributed by atoms with E-state index in [-0.39, 0.29) is 5.95 Å². The fourth-order valence-electron chi connectivity index (χ4n) is 2.09. The molecule has 0 saturated heterocycles. The molecule has 2 heterocycles. The summed E-state index contributed by atoms with van der Waals surface area (Å²) < 4.78 is 0. The summed E-state index contributed by atoms with van der Waals surface area (Å²) >= 11 is 0. The third kappa shape index (κ3) is 2.93. The summed E-state index contributed by atoms with van der Waals surface area (Å²) in [5.41, 5.74) is 15.5. The SMILES string of the molecule is C=Cc1cc(Cc2cnc(N)nc2N)c(C(C)C)cn1. The van der Waals surface area contributed by atoms with Crippen LogP contribution in [0.25, 0.3) is 6.08 Å². The Kier molecular flexibility index (Phi) is 3.98. The minimum atomic E-state index is 0.192. The van der Waals surface area contributed by atoms with Crippen LogP contribution in [-0.4, -0.2) is 15.0 Å². The normalized spacial score (nSPS) is 10.8. The summed E-state index contributed by atoms with van der Waals surface area (Å²) in [6.45, 7) is 8.03. The molecule has 0 amide bonds. The number of hydrogen-bond donors (Lipinski definition) is 2. The van der Waals surface area contributed by atoms with Gasteiger partial charge in [-0.15, -0.1) is 0 Å². The molecule has 0 fully saturated rings. The maximum atomic E-state index is 5.90. The highest BCUT2D eigenvalue weighted by atomic mass is 15.0. The van der Waals surface area contributed by atoms with Crippen LogP contribution < -0.4 is 11.5 Å². The van der Waals surface area contributed by atoms with E-state index in [1.165, 1.54) is 5.56 Å². The molecule has 5 nitrogen and oxygen atoms in total. The topological polar surface area (TPSA) is 90.7 Å². The number of nitrogens with zero attached hydrogens (tertiary/aromatic N) is 3. The predicted octanol–water partition coefficient (Wildman–Crippen LogP) is 2.39. The quantitative estimate of drug-likeness (QED) is 0.889. The Morgan fingerprint density at radius 2 is 1.95 bits per heavy atom. The van der Waals surface area contributed by atoms with Gasteiger partial charge in [0.15, 0.2) is 0 Å². The fraction of sp³-hybridized carbons (Fsp3) is 0.267. The second-order valence-corrected chi connectivity index (χ2v) is 4.98. The molecule has 2 aromatic rings. The largest absolute Gasteiger partial charge is 0.383 e. The Morgan fingerprint density at radius 3 is 2.55 bits per heavy atom. The Labute approximate surface area is 118 Å². The van der Waals surface area contributed by atoms with Crippen molar-refractivity contribution in [1.29, 1.82) is 0 Å². The molecule has 2 rings (SSSR count). The molecule has 0 radical (unpaired) electrons. The van der Waals surface area contributed by atoms with E-state index in [1.54, 1.807) is 12.3 Å². The average molecular weight is 269 g/mol. The first-order chi connectivity index (χ1) is 9.51. The van der Waals surface area contributed by atoms with Gasteiger partial charge in [0.25, 0.3) is 0 Å². The third-order valence-corrected chi connectivity index (χ3v) is 3.17. The second kappa shape index (κ2) is 5.69. The van der Waals surface area contributed by atoms with Crippen LogP contribution in [0.15, 0.2) is 25.0 Å². The highest BCUT2D eigenvalue weighted by molar-refractivity contribution is 5.49. The van der Waals surface area contributed by atoms with E-state index in [0.717, 1.165) is 16.8 Å². The molecule has 2 aromatic heterocycles. The van der Waals surface area contributed by atoms with Crippen molar-refractivity contribution in [1.82, 2.24) is 15.0 Å². The molecular formula is C15H19N5. The lowest BCUT2D eigenvalue weighted by molar-refractivity contribution is 0.837. The van der Waals surface area contributed by atoms with E-state index in [0.29, 0.717) is 18.2 Å². The van der Waals surface area contributed by atoms with Gasteiger partial charge in [0, 0.05) is 24.4 Å². The van der Waals surface area contributed by atoms with Gasteiger partial charge in [0.1, 0.15) is 5.82 Å². The third-order valence-electron chi connectivity index (χ3n) is 3.17. The minimum Gasteiger partial charge on any atom is -0.383 e. The maximum Gasteiger partial charge on any atom is 0.221 e. The van der Waals surface area contributed by atoms with Crippen LogP contribution in [0, 0.1) is 0 Å². The highest BCUT2D eigenvalue weighted by Gasteiger charge is 2.11. The van der Waals surface area contributed by atoms with Gasteiger partial charge in [0.2, 0.25) is 5.95 Å². The first-order valence-electron chi connectivity index (χ1n) is 6.49. The van der Waals surface area contributed by atoms with Gasteiger partial charge in [-0.2, -0.15) is 4.98 Å². The summed E-state index contributed by atoms with van der Waals surface area (Å²) in [7, 11) is 0. The molecule has 0 aromatic carbocycles. The highest BCUT2D eigenvalue weighted by Crippen LogP contribution is 2.24.